The Balaban J connectivity index is 1.85. The summed E-state index contributed by atoms with van der Waals surface area (Å²) >= 11 is 0. The van der Waals surface area contributed by atoms with Crippen molar-refractivity contribution in [1.82, 2.24) is 25.4 Å². The SMILES string of the molecule is Cc1noc(CCNC(=O)c2cncc(N)n2)n1. The Labute approximate surface area is 103 Å². The summed E-state index contributed by atoms with van der Waals surface area (Å²) in [6.07, 6.45) is 3.18. The number of anilines is 1. The van der Waals surface area contributed by atoms with Crippen LogP contribution in [0.15, 0.2) is 16.9 Å². The fourth-order valence-electron chi connectivity index (χ4n) is 1.31. The third-order valence-corrected chi connectivity index (χ3v) is 2.08. The highest BCUT2D eigenvalue weighted by atomic mass is 16.5. The van der Waals surface area contributed by atoms with Crippen LogP contribution in [0, 0.1) is 6.92 Å². The molecule has 1 amide bonds. The van der Waals surface area contributed by atoms with E-state index in [9.17, 15) is 4.79 Å². The fourth-order valence-corrected chi connectivity index (χ4v) is 1.31. The van der Waals surface area contributed by atoms with Gasteiger partial charge in [-0.1, -0.05) is 5.16 Å². The Bertz CT molecular complexity index is 553. The van der Waals surface area contributed by atoms with Gasteiger partial charge in [-0.2, -0.15) is 4.98 Å². The molecule has 0 bridgehead atoms. The molecule has 18 heavy (non-hydrogen) atoms. The molecular weight excluding hydrogens is 236 g/mol. The highest BCUT2D eigenvalue weighted by Crippen LogP contribution is 1.98. The van der Waals surface area contributed by atoms with E-state index in [0.717, 1.165) is 0 Å². The van der Waals surface area contributed by atoms with Crippen molar-refractivity contribution in [2.24, 2.45) is 0 Å². The average molecular weight is 248 g/mol. The maximum atomic E-state index is 11.7. The summed E-state index contributed by atoms with van der Waals surface area (Å²) in [5.41, 5.74) is 5.61. The number of amides is 1. The maximum absolute atomic E-state index is 11.7. The van der Waals surface area contributed by atoms with Crippen LogP contribution in [0.3, 0.4) is 0 Å². The van der Waals surface area contributed by atoms with E-state index in [1.807, 2.05) is 0 Å². The third kappa shape index (κ3) is 3.00. The van der Waals surface area contributed by atoms with E-state index in [0.29, 0.717) is 24.7 Å². The second kappa shape index (κ2) is 5.21. The van der Waals surface area contributed by atoms with Crippen LogP contribution in [0.25, 0.3) is 0 Å². The Morgan fingerprint density at radius 1 is 1.44 bits per heavy atom. The molecule has 0 fully saturated rings. The standard InChI is InChI=1S/C10H12N6O2/c1-6-14-9(18-16-6)2-3-13-10(17)7-4-12-5-8(11)15-7/h4-5H,2-3H2,1H3,(H2,11,15)(H,13,17). The maximum Gasteiger partial charge on any atom is 0.271 e. The molecule has 8 heteroatoms. The lowest BCUT2D eigenvalue weighted by Crippen LogP contribution is -2.27. The van der Waals surface area contributed by atoms with Crippen molar-refractivity contribution in [3.8, 4) is 0 Å². The molecule has 0 aliphatic heterocycles. The number of nitrogens with zero attached hydrogens (tertiary/aromatic N) is 4. The molecule has 2 rings (SSSR count). The second-order valence-corrected chi connectivity index (χ2v) is 3.57. The molecule has 0 spiro atoms. The summed E-state index contributed by atoms with van der Waals surface area (Å²) in [5.74, 6) is 0.908. The zero-order valence-electron chi connectivity index (χ0n) is 9.75. The minimum Gasteiger partial charge on any atom is -0.382 e. The summed E-state index contributed by atoms with van der Waals surface area (Å²) in [6, 6.07) is 0. The number of rotatable bonds is 4. The van der Waals surface area contributed by atoms with Gasteiger partial charge in [-0.25, -0.2) is 4.98 Å². The van der Waals surface area contributed by atoms with Crippen molar-refractivity contribution < 1.29 is 9.32 Å². The molecule has 0 unspecified atom stereocenters. The van der Waals surface area contributed by atoms with Gasteiger partial charge in [0.1, 0.15) is 11.5 Å². The largest absolute Gasteiger partial charge is 0.382 e. The van der Waals surface area contributed by atoms with Crippen molar-refractivity contribution in [3.05, 3.63) is 29.8 Å². The first-order valence-electron chi connectivity index (χ1n) is 5.30. The Hall–Kier alpha value is -2.51. The minimum atomic E-state index is -0.342. The highest BCUT2D eigenvalue weighted by Gasteiger charge is 2.08. The van der Waals surface area contributed by atoms with Crippen LogP contribution in [0.5, 0.6) is 0 Å². The first-order chi connectivity index (χ1) is 8.65. The van der Waals surface area contributed by atoms with Crippen LogP contribution in [-0.2, 0) is 6.42 Å². The number of hydrogen-bond acceptors (Lipinski definition) is 7. The summed E-state index contributed by atoms with van der Waals surface area (Å²) in [5, 5.41) is 6.31. The van der Waals surface area contributed by atoms with E-state index in [1.165, 1.54) is 12.4 Å². The van der Waals surface area contributed by atoms with Gasteiger partial charge >= 0.3 is 0 Å². The van der Waals surface area contributed by atoms with E-state index < -0.39 is 0 Å². The lowest BCUT2D eigenvalue weighted by Gasteiger charge is -2.02. The zero-order chi connectivity index (χ0) is 13.0. The van der Waals surface area contributed by atoms with Crippen molar-refractivity contribution in [2.75, 3.05) is 12.3 Å². The number of aryl methyl sites for hydroxylation is 1. The van der Waals surface area contributed by atoms with E-state index in [4.69, 9.17) is 10.3 Å². The predicted molar refractivity (Wildman–Crippen MR) is 61.5 cm³/mol. The van der Waals surface area contributed by atoms with Gasteiger partial charge in [0.15, 0.2) is 5.82 Å². The van der Waals surface area contributed by atoms with Gasteiger partial charge in [0.2, 0.25) is 5.89 Å². The van der Waals surface area contributed by atoms with E-state index in [1.54, 1.807) is 6.92 Å². The molecule has 0 saturated carbocycles. The van der Waals surface area contributed by atoms with Gasteiger partial charge in [-0.15, -0.1) is 0 Å². The Kier molecular flexibility index (Phi) is 3.46. The Morgan fingerprint density at radius 2 is 2.28 bits per heavy atom. The molecule has 0 aromatic carbocycles. The topological polar surface area (TPSA) is 120 Å². The third-order valence-electron chi connectivity index (χ3n) is 2.08. The Morgan fingerprint density at radius 3 is 2.94 bits per heavy atom. The summed E-state index contributed by atoms with van der Waals surface area (Å²) in [6.45, 7) is 2.10. The van der Waals surface area contributed by atoms with Crippen LogP contribution in [-0.4, -0.2) is 32.6 Å². The average Bonchev–Trinajstić information content (AvgIpc) is 2.75. The second-order valence-electron chi connectivity index (χ2n) is 3.57. The number of nitrogens with one attached hydrogen (secondary N) is 1. The zero-order valence-corrected chi connectivity index (χ0v) is 9.75. The molecule has 0 atom stereocenters. The first kappa shape index (κ1) is 12.0. The molecule has 3 N–H and O–H groups in total. The molecular formula is C10H12N6O2. The van der Waals surface area contributed by atoms with E-state index >= 15 is 0 Å². The summed E-state index contributed by atoms with van der Waals surface area (Å²) in [4.78, 5) is 23.3. The predicted octanol–water partition coefficient (Wildman–Crippen LogP) is -0.277. The van der Waals surface area contributed by atoms with Crippen molar-refractivity contribution in [2.45, 2.75) is 13.3 Å². The molecule has 8 nitrogen and oxygen atoms in total. The number of nitrogens with two attached hydrogens (primary N) is 1. The summed E-state index contributed by atoms with van der Waals surface area (Å²) in [7, 11) is 0. The van der Waals surface area contributed by atoms with Gasteiger partial charge < -0.3 is 15.6 Å². The van der Waals surface area contributed by atoms with E-state index in [2.05, 4.69) is 25.4 Å². The van der Waals surface area contributed by atoms with Crippen LogP contribution in [0.1, 0.15) is 22.2 Å². The van der Waals surface area contributed by atoms with Crippen molar-refractivity contribution in [1.29, 1.82) is 0 Å². The monoisotopic (exact) mass is 248 g/mol. The van der Waals surface area contributed by atoms with Gasteiger partial charge in [0.05, 0.1) is 12.4 Å². The quantitative estimate of drug-likeness (QED) is 0.763. The molecule has 0 aliphatic carbocycles. The first-order valence-corrected chi connectivity index (χ1v) is 5.30. The lowest BCUT2D eigenvalue weighted by molar-refractivity contribution is 0.0948. The fraction of sp³-hybridized carbons (Fsp3) is 0.300. The van der Waals surface area contributed by atoms with Gasteiger partial charge in [0.25, 0.3) is 5.91 Å². The van der Waals surface area contributed by atoms with Crippen LogP contribution >= 0.6 is 0 Å². The molecule has 0 saturated heterocycles. The molecule has 0 aliphatic rings. The number of aromatic nitrogens is 4. The van der Waals surface area contributed by atoms with Gasteiger partial charge in [0, 0.05) is 13.0 Å². The van der Waals surface area contributed by atoms with E-state index in [-0.39, 0.29) is 17.4 Å². The van der Waals surface area contributed by atoms with Crippen molar-refractivity contribution in [3.63, 3.8) is 0 Å². The van der Waals surface area contributed by atoms with Gasteiger partial charge in [-0.3, -0.25) is 9.78 Å². The number of nitrogen functional groups attached to an aromatic ring is 1. The molecule has 2 aromatic heterocycles. The van der Waals surface area contributed by atoms with Crippen molar-refractivity contribution >= 4 is 11.7 Å². The van der Waals surface area contributed by atoms with Gasteiger partial charge in [-0.05, 0) is 6.92 Å². The number of hydrogen-bond donors (Lipinski definition) is 2. The molecule has 94 valence electrons. The van der Waals surface area contributed by atoms with Crippen LogP contribution < -0.4 is 11.1 Å². The van der Waals surface area contributed by atoms with Crippen LogP contribution in [0.2, 0.25) is 0 Å². The highest BCUT2D eigenvalue weighted by molar-refractivity contribution is 5.92. The molecule has 2 heterocycles. The number of carbonyl (C=O) groups excluding carboxylic acids is 1. The number of carbonyl (C=O) groups is 1. The smallest absolute Gasteiger partial charge is 0.271 e. The lowest BCUT2D eigenvalue weighted by atomic mass is 10.3. The summed E-state index contributed by atoms with van der Waals surface area (Å²) < 4.78 is 4.91. The molecule has 2 aromatic rings. The molecule has 0 radical (unpaired) electrons. The minimum absolute atomic E-state index is 0.178. The van der Waals surface area contributed by atoms with Crippen LogP contribution in [0.4, 0.5) is 5.82 Å². The normalized spacial score (nSPS) is 10.3.